The molecular formula is C31H50F2N8O6S. The molecule has 1 aliphatic rings. The molecule has 0 bridgehead atoms. The zero-order chi connectivity index (χ0) is 37.2. The summed E-state index contributed by atoms with van der Waals surface area (Å²) in [6, 6.07) is 2.17. The lowest BCUT2D eigenvalue weighted by atomic mass is 9.96. The summed E-state index contributed by atoms with van der Waals surface area (Å²) < 4.78 is 34.1. The van der Waals surface area contributed by atoms with E-state index in [-0.39, 0.29) is 31.2 Å². The third kappa shape index (κ3) is 23.1. The summed E-state index contributed by atoms with van der Waals surface area (Å²) in [5.74, 6) is -0.519. The van der Waals surface area contributed by atoms with Crippen LogP contribution in [0.5, 0.6) is 0 Å². The maximum absolute atomic E-state index is 14.3. The number of aliphatic hydroxyl groups is 1. The van der Waals surface area contributed by atoms with E-state index in [1.165, 1.54) is 6.42 Å². The van der Waals surface area contributed by atoms with Crippen molar-refractivity contribution in [2.75, 3.05) is 20.8 Å². The molecule has 3 aromatic rings. The Morgan fingerprint density at radius 1 is 1.17 bits per heavy atom. The van der Waals surface area contributed by atoms with Crippen molar-refractivity contribution in [3.05, 3.63) is 59.0 Å². The molecule has 14 nitrogen and oxygen atoms in total. The molecule has 1 unspecified atom stereocenters. The number of methoxy groups -OCH3 is 1. The van der Waals surface area contributed by atoms with Crippen LogP contribution in [0.2, 0.25) is 0 Å². The van der Waals surface area contributed by atoms with Crippen molar-refractivity contribution in [1.29, 1.82) is 5.41 Å². The number of pyridine rings is 1. The Bertz CT molecular complexity index is 1220. The lowest BCUT2D eigenvalue weighted by Crippen LogP contribution is -2.19. The second kappa shape index (κ2) is 34.0. The summed E-state index contributed by atoms with van der Waals surface area (Å²) in [4.78, 5) is 30.3. The first kappa shape index (κ1) is 48.1. The van der Waals surface area contributed by atoms with Gasteiger partial charge in [0, 0.05) is 50.1 Å². The lowest BCUT2D eigenvalue weighted by Gasteiger charge is -2.21. The first-order chi connectivity index (χ1) is 23.2. The number of aldehydes is 1. The quantitative estimate of drug-likeness (QED) is 0.108. The largest absolute Gasteiger partial charge is 0.483 e. The molecule has 17 heteroatoms. The van der Waals surface area contributed by atoms with Gasteiger partial charge in [-0.1, -0.05) is 26.2 Å². The number of nitrogens with one attached hydrogen (secondary N) is 2. The number of aliphatic hydroxyl groups excluding tert-OH is 1. The van der Waals surface area contributed by atoms with Gasteiger partial charge < -0.3 is 36.6 Å². The third-order valence-electron chi connectivity index (χ3n) is 5.54. The highest BCUT2D eigenvalue weighted by Crippen LogP contribution is 2.32. The number of carbonyl (C=O) groups is 3. The first-order valence-corrected chi connectivity index (χ1v) is 15.7. The number of rotatable bonds is 8. The number of amides is 1. The van der Waals surface area contributed by atoms with E-state index in [4.69, 9.17) is 30.9 Å². The number of ether oxygens (including phenoxy) is 1. The second-order valence-corrected chi connectivity index (χ2v) is 9.96. The summed E-state index contributed by atoms with van der Waals surface area (Å²) in [7, 11) is 3.25. The predicted octanol–water partition coefficient (Wildman–Crippen LogP) is 4.61. The van der Waals surface area contributed by atoms with Gasteiger partial charge >= 0.3 is 0 Å². The van der Waals surface area contributed by atoms with Gasteiger partial charge in [0.15, 0.2) is 5.82 Å². The van der Waals surface area contributed by atoms with Gasteiger partial charge in [-0.05, 0) is 56.5 Å². The van der Waals surface area contributed by atoms with Crippen molar-refractivity contribution in [2.24, 2.45) is 11.5 Å². The van der Waals surface area contributed by atoms with E-state index >= 15 is 0 Å². The standard InChI is InChI=1S/C20H21F2N5S.C4H9NO.2C2H6O.CH3NO.CH3N.CH2O2/c21-17-6-7-18(22)25-20(17)19-15(8-9-28-13-14-10-23-24-11-14)12-27(26-19)16-4-2-1-3-5-16;1-2-4(5)3-6;1-3-2;1-2-3;2-1-3;1-2;2-1-3/h6-12,16H,1-5,13H2,(H,23,24);3-4H,2,5H2,1H3;1-2H3;3H,2H2,1H3;1H,(H2,2,3);2H,1H2;1H,(H,2,3)/b9-8+;;;;;;. The number of aromatic amines is 1. The summed E-state index contributed by atoms with van der Waals surface area (Å²) in [5, 5.41) is 33.2. The zero-order valence-corrected chi connectivity index (χ0v) is 28.7. The Morgan fingerprint density at radius 2 is 1.73 bits per heavy atom. The highest BCUT2D eigenvalue weighted by Gasteiger charge is 2.21. The maximum Gasteiger partial charge on any atom is 0.290 e. The van der Waals surface area contributed by atoms with Crippen LogP contribution in [0.1, 0.15) is 69.5 Å². The monoisotopic (exact) mass is 700 g/mol. The van der Waals surface area contributed by atoms with E-state index in [2.05, 4.69) is 37.5 Å². The predicted molar refractivity (Wildman–Crippen MR) is 185 cm³/mol. The average molecular weight is 701 g/mol. The Balaban J connectivity index is -0.000000841. The molecule has 0 saturated heterocycles. The van der Waals surface area contributed by atoms with Crippen LogP contribution in [0, 0.1) is 17.2 Å². The minimum Gasteiger partial charge on any atom is -0.483 e. The van der Waals surface area contributed by atoms with E-state index in [0.29, 0.717) is 11.7 Å². The number of aromatic nitrogens is 5. The SMILES string of the molecule is C=N.CCC(N)C=O.CCO.COC.Fc1ccc(F)c(-c2nn(C3CCCCC3)cc2/C=C/SCc2cn[nH]c2)n1.NC=O.O=CO. The van der Waals surface area contributed by atoms with Crippen molar-refractivity contribution < 1.29 is 38.1 Å². The molecule has 1 atom stereocenters. The number of carbonyl (C=O) groups excluding carboxylic acids is 2. The Hall–Kier alpha value is -4.32. The number of halogens is 2. The van der Waals surface area contributed by atoms with Gasteiger partial charge in [0.25, 0.3) is 6.47 Å². The van der Waals surface area contributed by atoms with Crippen LogP contribution in [0.25, 0.3) is 17.5 Å². The molecule has 1 saturated carbocycles. The molecule has 3 heterocycles. The molecule has 0 aromatic carbocycles. The highest BCUT2D eigenvalue weighted by atomic mass is 32.2. The fraction of sp³-hybridized carbons (Fsp3) is 0.452. The number of nitrogens with two attached hydrogens (primary N) is 2. The molecule has 0 aliphatic heterocycles. The number of H-pyrrole nitrogens is 1. The number of carboxylic acid groups (broad SMARTS) is 1. The van der Waals surface area contributed by atoms with E-state index in [1.54, 1.807) is 39.1 Å². The summed E-state index contributed by atoms with van der Waals surface area (Å²) in [6.45, 7) is 6.05. The highest BCUT2D eigenvalue weighted by molar-refractivity contribution is 8.01. The Labute approximate surface area is 284 Å². The molecule has 4 rings (SSSR count). The molecule has 0 spiro atoms. The first-order valence-electron chi connectivity index (χ1n) is 14.7. The van der Waals surface area contributed by atoms with Gasteiger partial charge in [-0.2, -0.15) is 14.6 Å². The smallest absolute Gasteiger partial charge is 0.290 e. The minimum absolute atomic E-state index is 0.0472. The number of nitrogens with zero attached hydrogens (tertiary/aromatic N) is 4. The molecular weight excluding hydrogens is 650 g/mol. The molecule has 3 aromatic heterocycles. The fourth-order valence-electron chi connectivity index (χ4n) is 3.55. The molecule has 8 N–H and O–H groups in total. The average Bonchev–Trinajstić information content (AvgIpc) is 3.78. The van der Waals surface area contributed by atoms with Crippen LogP contribution in [-0.2, 0) is 24.9 Å². The molecule has 48 heavy (non-hydrogen) atoms. The molecule has 1 aliphatic carbocycles. The lowest BCUT2D eigenvalue weighted by molar-refractivity contribution is -0.123. The summed E-state index contributed by atoms with van der Waals surface area (Å²) >= 11 is 1.60. The van der Waals surface area contributed by atoms with Crippen LogP contribution < -0.4 is 11.5 Å². The van der Waals surface area contributed by atoms with E-state index in [1.807, 2.05) is 35.5 Å². The van der Waals surface area contributed by atoms with Crippen LogP contribution in [0.4, 0.5) is 8.78 Å². The van der Waals surface area contributed by atoms with Crippen molar-refractivity contribution in [2.45, 2.75) is 70.2 Å². The van der Waals surface area contributed by atoms with Gasteiger partial charge in [0.1, 0.15) is 17.7 Å². The molecule has 270 valence electrons. The summed E-state index contributed by atoms with van der Waals surface area (Å²) in [6.07, 6.45) is 14.8. The van der Waals surface area contributed by atoms with E-state index in [0.717, 1.165) is 67.4 Å². The van der Waals surface area contributed by atoms with Crippen molar-refractivity contribution in [3.8, 4) is 11.4 Å². The van der Waals surface area contributed by atoms with Crippen molar-refractivity contribution in [3.63, 3.8) is 0 Å². The van der Waals surface area contributed by atoms with Gasteiger partial charge in [-0.3, -0.25) is 19.4 Å². The third-order valence-corrected chi connectivity index (χ3v) is 6.37. The van der Waals surface area contributed by atoms with Gasteiger partial charge in [0.05, 0.1) is 18.3 Å². The summed E-state index contributed by atoms with van der Waals surface area (Å²) in [5.41, 5.74) is 11.4. The van der Waals surface area contributed by atoms with E-state index in [9.17, 15) is 13.6 Å². The number of hydrogen-bond acceptors (Lipinski definition) is 11. The van der Waals surface area contributed by atoms with Crippen molar-refractivity contribution in [1.82, 2.24) is 25.0 Å². The number of primary amides is 1. The molecule has 1 fully saturated rings. The van der Waals surface area contributed by atoms with Gasteiger partial charge in [-0.25, -0.2) is 9.37 Å². The fourth-order valence-corrected chi connectivity index (χ4v) is 4.24. The molecule has 0 radical (unpaired) electrons. The minimum atomic E-state index is -0.715. The van der Waals surface area contributed by atoms with Crippen LogP contribution >= 0.6 is 11.8 Å². The number of hydrogen-bond donors (Lipinski definition) is 6. The zero-order valence-electron chi connectivity index (χ0n) is 27.9. The maximum atomic E-state index is 14.3. The topological polar surface area (TPSA) is 236 Å². The van der Waals surface area contributed by atoms with Gasteiger partial charge in [0.2, 0.25) is 12.4 Å². The Morgan fingerprint density at radius 3 is 2.19 bits per heavy atom. The van der Waals surface area contributed by atoms with Crippen LogP contribution in [-0.4, -0.2) is 87.9 Å². The van der Waals surface area contributed by atoms with Crippen LogP contribution in [0.3, 0.4) is 0 Å². The van der Waals surface area contributed by atoms with E-state index < -0.39 is 11.8 Å². The normalized spacial score (nSPS) is 12.1. The Kier molecular flexibility index (Phi) is 34.1. The van der Waals surface area contributed by atoms with Crippen LogP contribution in [0.15, 0.2) is 36.1 Å². The van der Waals surface area contributed by atoms with Gasteiger partial charge in [-0.15, -0.1) is 11.8 Å². The second-order valence-electron chi connectivity index (χ2n) is 9.06. The van der Waals surface area contributed by atoms with Crippen molar-refractivity contribution >= 4 is 43.7 Å². The number of thioether (sulfide) groups is 1. The molecule has 1 amide bonds.